The van der Waals surface area contributed by atoms with Gasteiger partial charge in [-0.2, -0.15) is 0 Å². The van der Waals surface area contributed by atoms with E-state index in [0.29, 0.717) is 0 Å². The number of amidine groups is 1. The SMILES string of the molecule is CCC(=N)N1CCCCC1. The molecule has 1 fully saturated rings. The average Bonchev–Trinajstić information content (AvgIpc) is 2.05. The van der Waals surface area contributed by atoms with Gasteiger partial charge in [0.05, 0.1) is 5.84 Å². The van der Waals surface area contributed by atoms with Crippen molar-refractivity contribution in [3.05, 3.63) is 0 Å². The van der Waals surface area contributed by atoms with Crippen LogP contribution in [0.25, 0.3) is 0 Å². The number of likely N-dealkylation sites (tertiary alicyclic amines) is 1. The van der Waals surface area contributed by atoms with Gasteiger partial charge in [0, 0.05) is 19.5 Å². The molecular weight excluding hydrogens is 124 g/mol. The second-order valence-corrected chi connectivity index (χ2v) is 2.85. The zero-order chi connectivity index (χ0) is 7.40. The number of rotatable bonds is 1. The molecule has 1 saturated heterocycles. The summed E-state index contributed by atoms with van der Waals surface area (Å²) in [5.41, 5.74) is 0. The molecule has 0 aliphatic carbocycles. The van der Waals surface area contributed by atoms with Crippen LogP contribution in [0, 0.1) is 5.41 Å². The maximum absolute atomic E-state index is 7.56. The summed E-state index contributed by atoms with van der Waals surface area (Å²) in [6.45, 7) is 4.29. The molecule has 0 atom stereocenters. The molecule has 58 valence electrons. The van der Waals surface area contributed by atoms with E-state index < -0.39 is 0 Å². The molecule has 1 heterocycles. The lowest BCUT2D eigenvalue weighted by Gasteiger charge is -2.28. The Morgan fingerprint density at radius 3 is 2.40 bits per heavy atom. The van der Waals surface area contributed by atoms with Crippen LogP contribution in [0.5, 0.6) is 0 Å². The third kappa shape index (κ3) is 1.72. The molecule has 0 unspecified atom stereocenters. The monoisotopic (exact) mass is 140 g/mol. The molecule has 1 aliphatic heterocycles. The Bertz CT molecular complexity index is 114. The molecule has 1 aliphatic rings. The molecule has 10 heavy (non-hydrogen) atoms. The Balaban J connectivity index is 2.31. The Kier molecular flexibility index (Phi) is 2.72. The number of nitrogens with one attached hydrogen (secondary N) is 1. The zero-order valence-corrected chi connectivity index (χ0v) is 6.69. The van der Waals surface area contributed by atoms with E-state index in [2.05, 4.69) is 11.8 Å². The average molecular weight is 140 g/mol. The summed E-state index contributed by atoms with van der Waals surface area (Å²) in [6, 6.07) is 0. The van der Waals surface area contributed by atoms with Gasteiger partial charge >= 0.3 is 0 Å². The summed E-state index contributed by atoms with van der Waals surface area (Å²) in [5.74, 6) is 0.819. The quantitative estimate of drug-likeness (QED) is 0.437. The first-order chi connectivity index (χ1) is 4.84. The summed E-state index contributed by atoms with van der Waals surface area (Å²) < 4.78 is 0. The van der Waals surface area contributed by atoms with E-state index in [0.717, 1.165) is 25.3 Å². The first kappa shape index (κ1) is 7.58. The molecule has 0 amide bonds. The maximum atomic E-state index is 7.56. The second-order valence-electron chi connectivity index (χ2n) is 2.85. The third-order valence-electron chi connectivity index (χ3n) is 2.07. The van der Waals surface area contributed by atoms with Crippen LogP contribution in [0.4, 0.5) is 0 Å². The highest BCUT2D eigenvalue weighted by Gasteiger charge is 2.10. The third-order valence-corrected chi connectivity index (χ3v) is 2.07. The summed E-state index contributed by atoms with van der Waals surface area (Å²) in [7, 11) is 0. The van der Waals surface area contributed by atoms with E-state index in [1.54, 1.807) is 0 Å². The van der Waals surface area contributed by atoms with Crippen LogP contribution in [0.3, 0.4) is 0 Å². The predicted octanol–water partition coefficient (Wildman–Crippen LogP) is 1.86. The minimum absolute atomic E-state index is 0.819. The highest BCUT2D eigenvalue weighted by Crippen LogP contribution is 2.09. The molecule has 0 radical (unpaired) electrons. The molecule has 2 heteroatoms. The number of piperidine rings is 1. The van der Waals surface area contributed by atoms with E-state index >= 15 is 0 Å². The largest absolute Gasteiger partial charge is 0.361 e. The van der Waals surface area contributed by atoms with Gasteiger partial charge in [-0.25, -0.2) is 0 Å². The van der Waals surface area contributed by atoms with Crippen molar-refractivity contribution in [1.82, 2.24) is 4.90 Å². The maximum Gasteiger partial charge on any atom is 0.0954 e. The Labute approximate surface area is 62.7 Å². The topological polar surface area (TPSA) is 27.1 Å². The van der Waals surface area contributed by atoms with Gasteiger partial charge in [0.25, 0.3) is 0 Å². The van der Waals surface area contributed by atoms with Crippen molar-refractivity contribution in [2.24, 2.45) is 0 Å². The van der Waals surface area contributed by atoms with Crippen molar-refractivity contribution in [2.45, 2.75) is 32.6 Å². The van der Waals surface area contributed by atoms with Gasteiger partial charge in [-0.1, -0.05) is 6.92 Å². The van der Waals surface area contributed by atoms with Crippen molar-refractivity contribution in [3.8, 4) is 0 Å². The minimum atomic E-state index is 0.819. The second kappa shape index (κ2) is 3.59. The molecule has 0 aromatic carbocycles. The van der Waals surface area contributed by atoms with Gasteiger partial charge in [-0.15, -0.1) is 0 Å². The molecule has 1 rings (SSSR count). The van der Waals surface area contributed by atoms with E-state index in [9.17, 15) is 0 Å². The molecule has 2 nitrogen and oxygen atoms in total. The van der Waals surface area contributed by atoms with Gasteiger partial charge in [-0.05, 0) is 19.3 Å². The van der Waals surface area contributed by atoms with Gasteiger partial charge in [0.1, 0.15) is 0 Å². The van der Waals surface area contributed by atoms with Crippen molar-refractivity contribution >= 4 is 5.84 Å². The van der Waals surface area contributed by atoms with Gasteiger partial charge < -0.3 is 4.90 Å². The first-order valence-corrected chi connectivity index (χ1v) is 4.17. The fraction of sp³-hybridized carbons (Fsp3) is 0.875. The molecule has 0 aromatic rings. The van der Waals surface area contributed by atoms with Crippen LogP contribution >= 0.6 is 0 Å². The summed E-state index contributed by atoms with van der Waals surface area (Å²) in [4.78, 5) is 2.20. The van der Waals surface area contributed by atoms with Crippen LogP contribution in [0.15, 0.2) is 0 Å². The van der Waals surface area contributed by atoms with E-state index in [1.165, 1.54) is 19.3 Å². The lowest BCUT2D eigenvalue weighted by atomic mass is 10.1. The molecule has 0 saturated carbocycles. The summed E-state index contributed by atoms with van der Waals surface area (Å²) in [5, 5.41) is 7.56. The molecule has 0 bridgehead atoms. The molecule has 1 N–H and O–H groups in total. The van der Waals surface area contributed by atoms with Crippen molar-refractivity contribution in [3.63, 3.8) is 0 Å². The smallest absolute Gasteiger partial charge is 0.0954 e. The van der Waals surface area contributed by atoms with E-state index in [4.69, 9.17) is 5.41 Å². The summed E-state index contributed by atoms with van der Waals surface area (Å²) >= 11 is 0. The van der Waals surface area contributed by atoms with Crippen LogP contribution < -0.4 is 0 Å². The molecule has 0 spiro atoms. The number of nitrogens with zero attached hydrogens (tertiary/aromatic N) is 1. The van der Waals surface area contributed by atoms with Gasteiger partial charge in [0.15, 0.2) is 0 Å². The lowest BCUT2D eigenvalue weighted by Crippen LogP contribution is -2.34. The first-order valence-electron chi connectivity index (χ1n) is 4.17. The van der Waals surface area contributed by atoms with E-state index in [1.807, 2.05) is 0 Å². The van der Waals surface area contributed by atoms with E-state index in [-0.39, 0.29) is 0 Å². The molecule has 0 aromatic heterocycles. The highest BCUT2D eigenvalue weighted by molar-refractivity contribution is 5.78. The van der Waals surface area contributed by atoms with Crippen LogP contribution in [0.1, 0.15) is 32.6 Å². The number of hydrogen-bond donors (Lipinski definition) is 1. The van der Waals surface area contributed by atoms with Gasteiger partial charge in [0.2, 0.25) is 0 Å². The summed E-state index contributed by atoms with van der Waals surface area (Å²) in [6.07, 6.45) is 4.80. The van der Waals surface area contributed by atoms with Gasteiger partial charge in [-0.3, -0.25) is 5.41 Å². The van der Waals surface area contributed by atoms with Crippen LogP contribution in [0.2, 0.25) is 0 Å². The Morgan fingerprint density at radius 2 is 1.90 bits per heavy atom. The fourth-order valence-electron chi connectivity index (χ4n) is 1.39. The lowest BCUT2D eigenvalue weighted by molar-refractivity contribution is 0.335. The standard InChI is InChI=1S/C8H16N2/c1-2-8(9)10-6-4-3-5-7-10/h9H,2-7H2,1H3. The van der Waals surface area contributed by atoms with Crippen molar-refractivity contribution in [2.75, 3.05) is 13.1 Å². The minimum Gasteiger partial charge on any atom is -0.361 e. The number of hydrogen-bond acceptors (Lipinski definition) is 1. The predicted molar refractivity (Wildman–Crippen MR) is 43.4 cm³/mol. The van der Waals surface area contributed by atoms with Crippen LogP contribution in [-0.2, 0) is 0 Å². The Hall–Kier alpha value is -0.530. The fourth-order valence-corrected chi connectivity index (χ4v) is 1.39. The van der Waals surface area contributed by atoms with Crippen molar-refractivity contribution < 1.29 is 0 Å². The normalized spacial score (nSPS) is 19.1. The highest BCUT2D eigenvalue weighted by atomic mass is 15.2. The van der Waals surface area contributed by atoms with Crippen LogP contribution in [-0.4, -0.2) is 23.8 Å². The molecular formula is C8H16N2. The Morgan fingerprint density at radius 1 is 1.30 bits per heavy atom. The zero-order valence-electron chi connectivity index (χ0n) is 6.69. The van der Waals surface area contributed by atoms with Crippen molar-refractivity contribution in [1.29, 1.82) is 5.41 Å².